The molecule has 0 spiro atoms. The van der Waals surface area contributed by atoms with Crippen LogP contribution in [0.5, 0.6) is 0 Å². The molecule has 1 amide bonds. The second-order valence-electron chi connectivity index (χ2n) is 5.98. The number of likely N-dealkylation sites (tertiary alicyclic amines) is 1. The highest BCUT2D eigenvalue weighted by molar-refractivity contribution is 5.84. The normalized spacial score (nSPS) is 23.4. The topological polar surface area (TPSA) is 67.6 Å². The highest BCUT2D eigenvalue weighted by Gasteiger charge is 2.29. The van der Waals surface area contributed by atoms with Crippen molar-refractivity contribution >= 4 is 5.91 Å². The van der Waals surface area contributed by atoms with Crippen LogP contribution in [0.25, 0.3) is 0 Å². The second-order valence-corrected chi connectivity index (χ2v) is 5.98. The first-order chi connectivity index (χ1) is 9.51. The van der Waals surface area contributed by atoms with E-state index < -0.39 is 5.54 Å². The summed E-state index contributed by atoms with van der Waals surface area (Å²) in [4.78, 5) is 14.0. The number of ether oxygens (including phenoxy) is 1. The lowest BCUT2D eigenvalue weighted by Crippen LogP contribution is -2.53. The molecule has 1 rings (SSSR count). The van der Waals surface area contributed by atoms with Crippen LogP contribution in [0.15, 0.2) is 0 Å². The quantitative estimate of drug-likeness (QED) is 0.623. The zero-order chi connectivity index (χ0) is 15.0. The maximum absolute atomic E-state index is 11.5. The number of nitrogens with two attached hydrogens (primary N) is 1. The summed E-state index contributed by atoms with van der Waals surface area (Å²) in [5.41, 5.74) is 4.93. The first-order valence-electron chi connectivity index (χ1n) is 7.82. The van der Waals surface area contributed by atoms with Gasteiger partial charge in [0, 0.05) is 13.7 Å². The van der Waals surface area contributed by atoms with Crippen LogP contribution in [0.4, 0.5) is 0 Å². The average Bonchev–Trinajstić information content (AvgIpc) is 2.44. The number of carbonyl (C=O) groups is 1. The first kappa shape index (κ1) is 17.4. The lowest BCUT2D eigenvalue weighted by Gasteiger charge is -2.32. The van der Waals surface area contributed by atoms with Crippen molar-refractivity contribution in [1.29, 1.82) is 0 Å². The van der Waals surface area contributed by atoms with Crippen molar-refractivity contribution in [3.63, 3.8) is 0 Å². The minimum Gasteiger partial charge on any atom is -0.380 e. The van der Waals surface area contributed by atoms with Crippen molar-refractivity contribution < 1.29 is 9.53 Å². The standard InChI is InChI=1S/C15H31N3O2/c1-4-17-15(2,14(16)19)9-5-6-10-18-11-7-8-13(12-18)20-3/h13,17H,4-12H2,1-3H3,(H2,16,19). The van der Waals surface area contributed by atoms with Gasteiger partial charge in [0.25, 0.3) is 0 Å². The number of rotatable bonds is 9. The molecule has 3 N–H and O–H groups in total. The van der Waals surface area contributed by atoms with E-state index in [4.69, 9.17) is 10.5 Å². The van der Waals surface area contributed by atoms with E-state index in [1.54, 1.807) is 7.11 Å². The van der Waals surface area contributed by atoms with Gasteiger partial charge in [0.05, 0.1) is 11.6 Å². The van der Waals surface area contributed by atoms with Gasteiger partial charge in [0.1, 0.15) is 0 Å². The van der Waals surface area contributed by atoms with Crippen molar-refractivity contribution in [1.82, 2.24) is 10.2 Å². The van der Waals surface area contributed by atoms with E-state index >= 15 is 0 Å². The van der Waals surface area contributed by atoms with Crippen molar-refractivity contribution in [2.75, 3.05) is 33.3 Å². The third kappa shape index (κ3) is 5.38. The molecule has 0 aromatic carbocycles. The van der Waals surface area contributed by atoms with Crippen molar-refractivity contribution in [3.8, 4) is 0 Å². The number of nitrogens with one attached hydrogen (secondary N) is 1. The van der Waals surface area contributed by atoms with E-state index in [0.29, 0.717) is 6.10 Å². The summed E-state index contributed by atoms with van der Waals surface area (Å²) in [5, 5.41) is 3.20. The molecule has 20 heavy (non-hydrogen) atoms. The highest BCUT2D eigenvalue weighted by Crippen LogP contribution is 2.16. The Morgan fingerprint density at radius 2 is 2.25 bits per heavy atom. The van der Waals surface area contributed by atoms with Crippen LogP contribution in [-0.4, -0.2) is 55.7 Å². The van der Waals surface area contributed by atoms with Crippen LogP contribution in [0.3, 0.4) is 0 Å². The SMILES string of the molecule is CCNC(C)(CCCCN1CCCC(OC)C1)C(N)=O. The fourth-order valence-corrected chi connectivity index (χ4v) is 2.91. The first-order valence-corrected chi connectivity index (χ1v) is 7.82. The Hall–Kier alpha value is -0.650. The molecule has 2 atom stereocenters. The molecule has 0 bridgehead atoms. The maximum Gasteiger partial charge on any atom is 0.237 e. The maximum atomic E-state index is 11.5. The molecule has 2 unspecified atom stereocenters. The van der Waals surface area contributed by atoms with E-state index in [9.17, 15) is 4.79 Å². The lowest BCUT2D eigenvalue weighted by atomic mass is 9.93. The van der Waals surface area contributed by atoms with Gasteiger partial charge in [0.2, 0.25) is 5.91 Å². The zero-order valence-corrected chi connectivity index (χ0v) is 13.3. The zero-order valence-electron chi connectivity index (χ0n) is 13.3. The second kappa shape index (κ2) is 8.60. The molecule has 5 heteroatoms. The van der Waals surface area contributed by atoms with E-state index in [-0.39, 0.29) is 5.91 Å². The van der Waals surface area contributed by atoms with Crippen molar-refractivity contribution in [3.05, 3.63) is 0 Å². The van der Waals surface area contributed by atoms with Crippen LogP contribution in [0.2, 0.25) is 0 Å². The summed E-state index contributed by atoms with van der Waals surface area (Å²) in [5.74, 6) is -0.253. The minimum atomic E-state index is -0.564. The van der Waals surface area contributed by atoms with Gasteiger partial charge >= 0.3 is 0 Å². The predicted octanol–water partition coefficient (Wildman–Crippen LogP) is 1.12. The summed E-state index contributed by atoms with van der Waals surface area (Å²) >= 11 is 0. The van der Waals surface area contributed by atoms with Gasteiger partial charge < -0.3 is 20.7 Å². The van der Waals surface area contributed by atoms with E-state index in [1.807, 2.05) is 13.8 Å². The minimum absolute atomic E-state index is 0.253. The van der Waals surface area contributed by atoms with E-state index in [2.05, 4.69) is 10.2 Å². The largest absolute Gasteiger partial charge is 0.380 e. The molecule has 0 aliphatic carbocycles. The Kier molecular flexibility index (Phi) is 7.48. The molecule has 1 aliphatic heterocycles. The number of unbranched alkanes of at least 4 members (excludes halogenated alkanes) is 1. The molecule has 1 heterocycles. The van der Waals surface area contributed by atoms with Gasteiger partial charge in [-0.2, -0.15) is 0 Å². The molecule has 118 valence electrons. The molecule has 1 aliphatic rings. The van der Waals surface area contributed by atoms with Gasteiger partial charge in [-0.3, -0.25) is 4.79 Å². The summed E-state index contributed by atoms with van der Waals surface area (Å²) < 4.78 is 5.43. The fourth-order valence-electron chi connectivity index (χ4n) is 2.91. The molecular formula is C15H31N3O2. The van der Waals surface area contributed by atoms with Gasteiger partial charge in [-0.25, -0.2) is 0 Å². The van der Waals surface area contributed by atoms with Crippen LogP contribution >= 0.6 is 0 Å². The molecule has 0 aromatic heterocycles. The third-order valence-electron chi connectivity index (χ3n) is 4.31. The van der Waals surface area contributed by atoms with Gasteiger partial charge in [-0.15, -0.1) is 0 Å². The molecule has 1 saturated heterocycles. The van der Waals surface area contributed by atoms with Crippen molar-refractivity contribution in [2.24, 2.45) is 5.73 Å². The Morgan fingerprint density at radius 3 is 2.85 bits per heavy atom. The number of nitrogens with zero attached hydrogens (tertiary/aromatic N) is 1. The number of methoxy groups -OCH3 is 1. The lowest BCUT2D eigenvalue weighted by molar-refractivity contribution is -0.124. The summed E-state index contributed by atoms with van der Waals surface area (Å²) in [6.45, 7) is 7.96. The van der Waals surface area contributed by atoms with E-state index in [1.165, 1.54) is 19.4 Å². The summed E-state index contributed by atoms with van der Waals surface area (Å²) in [6.07, 6.45) is 5.70. The molecule has 5 nitrogen and oxygen atoms in total. The number of hydrogen-bond donors (Lipinski definition) is 2. The molecule has 0 aromatic rings. The number of hydrogen-bond acceptors (Lipinski definition) is 4. The van der Waals surface area contributed by atoms with E-state index in [0.717, 1.165) is 38.9 Å². The van der Waals surface area contributed by atoms with Crippen LogP contribution in [-0.2, 0) is 9.53 Å². The number of carbonyl (C=O) groups excluding carboxylic acids is 1. The monoisotopic (exact) mass is 285 g/mol. The number of likely N-dealkylation sites (N-methyl/N-ethyl adjacent to an activating group) is 1. The number of primary amides is 1. The van der Waals surface area contributed by atoms with Crippen LogP contribution < -0.4 is 11.1 Å². The Labute approximate surface area is 123 Å². The summed E-state index contributed by atoms with van der Waals surface area (Å²) in [6, 6.07) is 0. The Bertz CT molecular complexity index is 299. The smallest absolute Gasteiger partial charge is 0.237 e. The summed E-state index contributed by atoms with van der Waals surface area (Å²) in [7, 11) is 1.79. The van der Waals surface area contributed by atoms with Gasteiger partial charge in [0.15, 0.2) is 0 Å². The molecule has 1 fully saturated rings. The third-order valence-corrected chi connectivity index (χ3v) is 4.31. The molecule has 0 saturated carbocycles. The Balaban J connectivity index is 2.24. The predicted molar refractivity (Wildman–Crippen MR) is 81.6 cm³/mol. The molecular weight excluding hydrogens is 254 g/mol. The fraction of sp³-hybridized carbons (Fsp3) is 0.933. The Morgan fingerprint density at radius 1 is 1.50 bits per heavy atom. The molecule has 0 radical (unpaired) electrons. The van der Waals surface area contributed by atoms with Gasteiger partial charge in [-0.1, -0.05) is 6.92 Å². The van der Waals surface area contributed by atoms with Gasteiger partial charge in [-0.05, 0) is 58.7 Å². The average molecular weight is 285 g/mol. The number of piperidine rings is 1. The number of amides is 1. The van der Waals surface area contributed by atoms with Crippen LogP contribution in [0, 0.1) is 0 Å². The van der Waals surface area contributed by atoms with Crippen molar-refractivity contribution in [2.45, 2.75) is 57.6 Å². The van der Waals surface area contributed by atoms with Crippen LogP contribution in [0.1, 0.15) is 46.0 Å². The highest BCUT2D eigenvalue weighted by atomic mass is 16.5.